The van der Waals surface area contributed by atoms with E-state index in [1.165, 1.54) is 0 Å². The zero-order valence-corrected chi connectivity index (χ0v) is 13.5. The van der Waals surface area contributed by atoms with E-state index < -0.39 is 11.9 Å². The summed E-state index contributed by atoms with van der Waals surface area (Å²) in [5.41, 5.74) is 2.61. The Morgan fingerprint density at radius 3 is 2.26 bits per heavy atom. The summed E-state index contributed by atoms with van der Waals surface area (Å²) in [4.78, 5) is 23.5. The highest BCUT2D eigenvalue weighted by atomic mass is 35.5. The SMILES string of the molecule is Cc1ccc(C[C@@H](CC(=O)Nc2ccc(Cl)cc2)C(=O)O)cc1. The zero-order valence-electron chi connectivity index (χ0n) is 12.8. The van der Waals surface area contributed by atoms with E-state index in [0.29, 0.717) is 17.1 Å². The molecule has 0 saturated heterocycles. The molecule has 1 amide bonds. The second-order valence-corrected chi connectivity index (χ2v) is 5.92. The summed E-state index contributed by atoms with van der Waals surface area (Å²) in [5.74, 6) is -2.06. The number of hydrogen-bond donors (Lipinski definition) is 2. The molecule has 0 aliphatic carbocycles. The van der Waals surface area contributed by atoms with E-state index in [-0.39, 0.29) is 12.3 Å². The van der Waals surface area contributed by atoms with Crippen LogP contribution in [0.15, 0.2) is 48.5 Å². The lowest BCUT2D eigenvalue weighted by Gasteiger charge is -2.13. The van der Waals surface area contributed by atoms with Gasteiger partial charge < -0.3 is 10.4 Å². The molecule has 5 heteroatoms. The molecule has 1 atom stereocenters. The van der Waals surface area contributed by atoms with Gasteiger partial charge in [-0.15, -0.1) is 0 Å². The minimum atomic E-state index is -0.975. The number of carboxylic acids is 1. The summed E-state index contributed by atoms with van der Waals surface area (Å²) in [6.45, 7) is 1.97. The fourth-order valence-corrected chi connectivity index (χ4v) is 2.35. The van der Waals surface area contributed by atoms with Gasteiger partial charge in [-0.2, -0.15) is 0 Å². The van der Waals surface area contributed by atoms with E-state index in [1.807, 2.05) is 31.2 Å². The molecule has 0 bridgehead atoms. The lowest BCUT2D eigenvalue weighted by molar-refractivity contribution is -0.143. The number of hydrogen-bond acceptors (Lipinski definition) is 2. The number of carboxylic acid groups (broad SMARTS) is 1. The predicted octanol–water partition coefficient (Wildman–Crippen LogP) is 3.92. The molecule has 0 fully saturated rings. The molecule has 0 spiro atoms. The molecule has 0 radical (unpaired) electrons. The van der Waals surface area contributed by atoms with E-state index in [0.717, 1.165) is 11.1 Å². The molecule has 23 heavy (non-hydrogen) atoms. The normalized spacial score (nSPS) is 11.7. The lowest BCUT2D eigenvalue weighted by Crippen LogP contribution is -2.24. The monoisotopic (exact) mass is 331 g/mol. The summed E-state index contributed by atoms with van der Waals surface area (Å²) in [7, 11) is 0. The molecule has 0 aliphatic rings. The van der Waals surface area contributed by atoms with Crippen molar-refractivity contribution in [3.05, 3.63) is 64.7 Å². The first-order valence-electron chi connectivity index (χ1n) is 7.28. The Morgan fingerprint density at radius 1 is 1.09 bits per heavy atom. The van der Waals surface area contributed by atoms with Crippen LogP contribution >= 0.6 is 11.6 Å². The number of aryl methyl sites for hydroxylation is 1. The number of aliphatic carboxylic acids is 1. The average molecular weight is 332 g/mol. The van der Waals surface area contributed by atoms with Gasteiger partial charge in [0.15, 0.2) is 0 Å². The molecule has 2 aromatic carbocycles. The van der Waals surface area contributed by atoms with Gasteiger partial charge in [-0.05, 0) is 43.2 Å². The van der Waals surface area contributed by atoms with Crippen molar-refractivity contribution in [3.8, 4) is 0 Å². The van der Waals surface area contributed by atoms with Crippen molar-refractivity contribution in [3.63, 3.8) is 0 Å². The first kappa shape index (κ1) is 17.0. The van der Waals surface area contributed by atoms with E-state index in [2.05, 4.69) is 5.32 Å². The lowest BCUT2D eigenvalue weighted by atomic mass is 9.95. The van der Waals surface area contributed by atoms with Crippen LogP contribution in [0.25, 0.3) is 0 Å². The standard InChI is InChI=1S/C18H18ClNO3/c1-12-2-4-13(5-3-12)10-14(18(22)23)11-17(21)20-16-8-6-15(19)7-9-16/h2-9,14H,10-11H2,1H3,(H,20,21)(H,22,23)/t14-/m0/s1. The fraction of sp³-hybridized carbons (Fsp3) is 0.222. The summed E-state index contributed by atoms with van der Waals surface area (Å²) < 4.78 is 0. The third-order valence-corrected chi connectivity index (χ3v) is 3.76. The highest BCUT2D eigenvalue weighted by Crippen LogP contribution is 2.17. The molecule has 2 rings (SSSR count). The number of benzene rings is 2. The van der Waals surface area contributed by atoms with Crippen molar-refractivity contribution in [1.29, 1.82) is 0 Å². The van der Waals surface area contributed by atoms with E-state index >= 15 is 0 Å². The van der Waals surface area contributed by atoms with Gasteiger partial charge in [0, 0.05) is 17.1 Å². The highest BCUT2D eigenvalue weighted by Gasteiger charge is 2.21. The van der Waals surface area contributed by atoms with Gasteiger partial charge in [-0.3, -0.25) is 9.59 Å². The Balaban J connectivity index is 1.98. The molecular formula is C18H18ClNO3. The number of nitrogens with one attached hydrogen (secondary N) is 1. The molecule has 2 N–H and O–H groups in total. The number of anilines is 1. The Morgan fingerprint density at radius 2 is 1.70 bits per heavy atom. The van der Waals surface area contributed by atoms with Crippen molar-refractivity contribution in [2.45, 2.75) is 19.8 Å². The third kappa shape index (κ3) is 5.42. The molecule has 0 aromatic heterocycles. The van der Waals surface area contributed by atoms with E-state index in [9.17, 15) is 14.7 Å². The summed E-state index contributed by atoms with van der Waals surface area (Å²) >= 11 is 5.79. The molecule has 0 heterocycles. The fourth-order valence-electron chi connectivity index (χ4n) is 2.22. The minimum Gasteiger partial charge on any atom is -0.481 e. The van der Waals surface area contributed by atoms with Gasteiger partial charge in [0.25, 0.3) is 0 Å². The minimum absolute atomic E-state index is 0.0775. The Kier molecular flexibility index (Phi) is 5.77. The summed E-state index contributed by atoms with van der Waals surface area (Å²) in [6.07, 6.45) is 0.246. The van der Waals surface area contributed by atoms with E-state index in [4.69, 9.17) is 11.6 Å². The van der Waals surface area contributed by atoms with Crippen molar-refractivity contribution in [2.75, 3.05) is 5.32 Å². The van der Waals surface area contributed by atoms with Crippen LogP contribution in [0.4, 0.5) is 5.69 Å². The second kappa shape index (κ2) is 7.79. The summed E-state index contributed by atoms with van der Waals surface area (Å²) in [6, 6.07) is 14.3. The molecule has 0 aliphatic heterocycles. The average Bonchev–Trinajstić information content (AvgIpc) is 2.51. The maximum atomic E-state index is 12.0. The van der Waals surface area contributed by atoms with Gasteiger partial charge in [0.1, 0.15) is 0 Å². The molecule has 4 nitrogen and oxygen atoms in total. The Labute approximate surface area is 140 Å². The largest absolute Gasteiger partial charge is 0.481 e. The molecule has 120 valence electrons. The van der Waals surface area contributed by atoms with Crippen LogP contribution in [0.3, 0.4) is 0 Å². The summed E-state index contributed by atoms with van der Waals surface area (Å²) in [5, 5.41) is 12.6. The van der Waals surface area contributed by atoms with Gasteiger partial charge >= 0.3 is 5.97 Å². The van der Waals surface area contributed by atoms with Gasteiger partial charge in [-0.1, -0.05) is 41.4 Å². The van der Waals surface area contributed by atoms with E-state index in [1.54, 1.807) is 24.3 Å². The van der Waals surface area contributed by atoms with Crippen molar-refractivity contribution < 1.29 is 14.7 Å². The maximum absolute atomic E-state index is 12.0. The number of halogens is 1. The predicted molar refractivity (Wildman–Crippen MR) is 90.7 cm³/mol. The van der Waals surface area contributed by atoms with Crippen LogP contribution in [0.2, 0.25) is 5.02 Å². The van der Waals surface area contributed by atoms with Gasteiger partial charge in [0.2, 0.25) is 5.91 Å². The van der Waals surface area contributed by atoms with Crippen molar-refractivity contribution in [2.24, 2.45) is 5.92 Å². The smallest absolute Gasteiger partial charge is 0.307 e. The van der Waals surface area contributed by atoms with Crippen LogP contribution in [0, 0.1) is 12.8 Å². The molecular weight excluding hydrogens is 314 g/mol. The number of amides is 1. The first-order valence-corrected chi connectivity index (χ1v) is 7.65. The molecule has 2 aromatic rings. The zero-order chi connectivity index (χ0) is 16.8. The Hall–Kier alpha value is -2.33. The van der Waals surface area contributed by atoms with Crippen LogP contribution in [0.5, 0.6) is 0 Å². The quantitative estimate of drug-likeness (QED) is 0.843. The molecule has 0 unspecified atom stereocenters. The van der Waals surface area contributed by atoms with Gasteiger partial charge in [-0.25, -0.2) is 0 Å². The van der Waals surface area contributed by atoms with Crippen LogP contribution in [0.1, 0.15) is 17.5 Å². The van der Waals surface area contributed by atoms with Crippen LogP contribution in [-0.4, -0.2) is 17.0 Å². The second-order valence-electron chi connectivity index (χ2n) is 5.48. The molecule has 0 saturated carbocycles. The Bertz CT molecular complexity index is 680. The maximum Gasteiger partial charge on any atom is 0.307 e. The van der Waals surface area contributed by atoms with Crippen molar-refractivity contribution >= 4 is 29.2 Å². The first-order chi connectivity index (χ1) is 10.9. The number of carbonyl (C=O) groups is 2. The number of rotatable bonds is 6. The van der Waals surface area contributed by atoms with Crippen LogP contribution < -0.4 is 5.32 Å². The van der Waals surface area contributed by atoms with Crippen LogP contribution in [-0.2, 0) is 16.0 Å². The highest BCUT2D eigenvalue weighted by molar-refractivity contribution is 6.30. The third-order valence-electron chi connectivity index (χ3n) is 3.51. The topological polar surface area (TPSA) is 66.4 Å². The number of carbonyl (C=O) groups excluding carboxylic acids is 1. The van der Waals surface area contributed by atoms with Crippen molar-refractivity contribution in [1.82, 2.24) is 0 Å². The van der Waals surface area contributed by atoms with Gasteiger partial charge in [0.05, 0.1) is 5.92 Å².